The van der Waals surface area contributed by atoms with Gasteiger partial charge in [0.05, 0.1) is 0 Å². The van der Waals surface area contributed by atoms with Gasteiger partial charge in [-0.1, -0.05) is 125 Å². The van der Waals surface area contributed by atoms with Gasteiger partial charge in [0.25, 0.3) is 23.6 Å². The molecule has 4 saturated heterocycles. The molecular weight excluding hydrogens is 1560 g/mol. The summed E-state index contributed by atoms with van der Waals surface area (Å²) in [5.74, 6) is 5.91. The average Bonchev–Trinajstić information content (AvgIpc) is 1.09. The van der Waals surface area contributed by atoms with Gasteiger partial charge >= 0.3 is 0 Å². The maximum Gasteiger partial charge on any atom is 0.272 e. The Labute approximate surface area is 741 Å². The van der Waals surface area contributed by atoms with E-state index in [2.05, 4.69) is 123 Å². The lowest BCUT2D eigenvalue weighted by molar-refractivity contribution is 0.0760. The first-order valence-electron chi connectivity index (χ1n) is 44.7. The minimum atomic E-state index is -2.36. The standard InChI is InChI=1S/C27H34N2O3S.C26H32N2O.C25H31N3O.C25H30N2O3.3CH4/c1-5-29(6-2)26(30)21-10-8-20(9-11-21)24-19-27(14-7-16-28-17-15-27)32-25-13-12-22(18-23(24)25)33(3,4)31;1-3-28(4-2)25(29)21-12-10-20(11-13-21)24-19-26(14-7-16-27-17-15-26)18-22-8-5-6-9-23(22)24;1-3-28(4-2)24(29)23-11-10-20(18-27-23)22-17-25(12-7-14-26-15-13-25)16-19-8-5-6-9-21(19)22;1-3-27(4-2)24(29)19-8-6-18(7-9-19)22-17-25(12-5-14-26-15-13-25)30-23-11-10-20(28)16-21(22)23;;;/h8-13,18-19,28H,3,5-7,14-17H2,1-2,4H3;5-6,8-13,19,27H,3-4,7,14-18H2,1-2H3;5-6,8-11,17-18,26H,3-4,7,12-16H2,1-2H3;6-11,16-17,26,28H,3-5,12-15H2,1-2H3;3*1H4. The number of phenols is 1. The summed E-state index contributed by atoms with van der Waals surface area (Å²) in [6, 6.07) is 56.5. The number of rotatable bonds is 17. The fraction of sp³-hybridized carbons (Fsp3) is 0.434. The van der Waals surface area contributed by atoms with Crippen molar-refractivity contribution < 1.29 is 38.0 Å². The topological polar surface area (TPSA) is 198 Å². The first-order valence-corrected chi connectivity index (χ1v) is 46.8. The number of fused-ring (bicyclic) bond motifs is 4. The molecule has 124 heavy (non-hydrogen) atoms. The van der Waals surface area contributed by atoms with Gasteiger partial charge in [-0.15, -0.1) is 0 Å². The first kappa shape index (κ1) is 96.0. The van der Waals surface area contributed by atoms with Crippen LogP contribution in [-0.4, -0.2) is 186 Å². The minimum Gasteiger partial charge on any atom is -0.508 e. The third-order valence-corrected chi connectivity index (χ3v) is 27.1. The van der Waals surface area contributed by atoms with Gasteiger partial charge < -0.3 is 55.4 Å². The molecular formula is C106H139N9O8S. The summed E-state index contributed by atoms with van der Waals surface area (Å²) < 4.78 is 25.7. The number of nitrogens with one attached hydrogen (secondary N) is 4. The van der Waals surface area contributed by atoms with Crippen LogP contribution in [0.2, 0.25) is 0 Å². The summed E-state index contributed by atoms with van der Waals surface area (Å²) in [7, 11) is -2.36. The van der Waals surface area contributed by atoms with Crippen molar-refractivity contribution in [3.05, 3.63) is 278 Å². The van der Waals surface area contributed by atoms with Gasteiger partial charge in [-0.2, -0.15) is 0 Å². The molecule has 18 heteroatoms. The molecule has 4 spiro atoms. The molecule has 8 aromatic rings. The van der Waals surface area contributed by atoms with Crippen LogP contribution in [0.5, 0.6) is 17.2 Å². The van der Waals surface area contributed by atoms with Crippen molar-refractivity contribution in [3.8, 4) is 17.2 Å². The number of amides is 4. The molecule has 5 atom stereocenters. The Morgan fingerprint density at radius 1 is 0.395 bits per heavy atom. The molecule has 0 bridgehead atoms. The lowest BCUT2D eigenvalue weighted by Gasteiger charge is -2.37. The summed E-state index contributed by atoms with van der Waals surface area (Å²) in [5.41, 5.74) is 18.8. The lowest BCUT2D eigenvalue weighted by Crippen LogP contribution is -2.37. The zero-order valence-corrected chi connectivity index (χ0v) is 73.7. The molecule has 1 aromatic heterocycles. The van der Waals surface area contributed by atoms with Gasteiger partial charge in [-0.25, -0.2) is 0 Å². The first-order chi connectivity index (χ1) is 58.6. The third kappa shape index (κ3) is 22.3. The molecule has 0 saturated carbocycles. The normalized spacial score (nSPS) is 20.8. The summed E-state index contributed by atoms with van der Waals surface area (Å²) in [5, 5.41) is 24.1. The van der Waals surface area contributed by atoms with Gasteiger partial charge in [-0.3, -0.25) is 28.4 Å². The van der Waals surface area contributed by atoms with Crippen molar-refractivity contribution in [2.75, 3.05) is 111 Å². The van der Waals surface area contributed by atoms with Crippen LogP contribution in [0, 0.1) is 10.8 Å². The number of carbonyl (C=O) groups excluding carboxylic acids is 4. The molecule has 17 nitrogen and oxygen atoms in total. The van der Waals surface area contributed by atoms with E-state index in [0.29, 0.717) is 61.0 Å². The number of pyridine rings is 1. The summed E-state index contributed by atoms with van der Waals surface area (Å²) >= 11 is 0. The molecule has 16 rings (SSSR count). The predicted molar refractivity (Wildman–Crippen MR) is 514 cm³/mol. The van der Waals surface area contributed by atoms with Crippen molar-refractivity contribution in [1.29, 1.82) is 0 Å². The van der Waals surface area contributed by atoms with Crippen molar-refractivity contribution in [3.63, 3.8) is 0 Å². The second-order valence-electron chi connectivity index (χ2n) is 33.8. The number of hydrogen-bond acceptors (Lipinski definition) is 13. The highest BCUT2D eigenvalue weighted by Gasteiger charge is 2.41. The van der Waals surface area contributed by atoms with E-state index in [1.807, 2.05) is 172 Å². The zero-order chi connectivity index (χ0) is 85.3. The number of nitrogens with zero attached hydrogens (tertiary/aromatic N) is 5. The van der Waals surface area contributed by atoms with Crippen LogP contribution in [0.3, 0.4) is 0 Å². The van der Waals surface area contributed by atoms with E-state index in [0.717, 1.165) is 179 Å². The molecule has 0 radical (unpaired) electrons. The second-order valence-corrected chi connectivity index (χ2v) is 36.3. The van der Waals surface area contributed by atoms with Gasteiger partial charge in [-0.05, 0) is 363 Å². The van der Waals surface area contributed by atoms with Crippen LogP contribution in [-0.2, 0) is 22.4 Å². The molecule has 6 aliphatic heterocycles. The number of phenolic OH excluding ortho intramolecular Hbond substituents is 1. The van der Waals surface area contributed by atoms with E-state index in [1.165, 1.54) is 71.1 Å². The molecule has 7 heterocycles. The third-order valence-electron chi connectivity index (χ3n) is 25.9. The molecule has 2 aliphatic carbocycles. The molecule has 4 fully saturated rings. The van der Waals surface area contributed by atoms with Crippen molar-refractivity contribution in [2.45, 2.75) is 184 Å². The lowest BCUT2D eigenvalue weighted by atomic mass is 9.68. The number of benzene rings is 7. The summed E-state index contributed by atoms with van der Waals surface area (Å²) in [6.45, 7) is 29.9. The number of ether oxygens (including phenoxy) is 2. The fourth-order valence-corrected chi connectivity index (χ4v) is 19.6. The van der Waals surface area contributed by atoms with Gasteiger partial charge in [0.15, 0.2) is 0 Å². The molecule has 4 amide bonds. The van der Waals surface area contributed by atoms with Crippen molar-refractivity contribution >= 4 is 61.3 Å². The molecule has 662 valence electrons. The molecule has 5 N–H and O–H groups in total. The smallest absolute Gasteiger partial charge is 0.272 e. The van der Waals surface area contributed by atoms with E-state index in [1.54, 1.807) is 18.4 Å². The maximum atomic E-state index is 12.8. The highest BCUT2D eigenvalue weighted by molar-refractivity contribution is 7.99. The Kier molecular flexibility index (Phi) is 33.8. The van der Waals surface area contributed by atoms with Crippen molar-refractivity contribution in [2.24, 2.45) is 10.8 Å². The molecule has 8 aliphatic rings. The monoisotopic (exact) mass is 1700 g/mol. The Hall–Kier alpha value is -10.2. The van der Waals surface area contributed by atoms with Gasteiger partial charge in [0.2, 0.25) is 0 Å². The Balaban J connectivity index is 0.000000172. The summed E-state index contributed by atoms with van der Waals surface area (Å²) in [6.07, 6.45) is 28.3. The van der Waals surface area contributed by atoms with Crippen LogP contribution in [0.1, 0.15) is 252 Å². The Morgan fingerprint density at radius 2 is 0.742 bits per heavy atom. The maximum absolute atomic E-state index is 12.8. The van der Waals surface area contributed by atoms with Crippen LogP contribution in [0.4, 0.5) is 0 Å². The zero-order valence-electron chi connectivity index (χ0n) is 72.9. The van der Waals surface area contributed by atoms with Crippen LogP contribution in [0.25, 0.3) is 22.3 Å². The average molecular weight is 1700 g/mol. The number of aromatic nitrogens is 1. The molecule has 5 unspecified atom stereocenters. The largest absolute Gasteiger partial charge is 0.508 e. The minimum absolute atomic E-state index is 0. The highest BCUT2D eigenvalue weighted by atomic mass is 32.2. The fourth-order valence-electron chi connectivity index (χ4n) is 18.9. The van der Waals surface area contributed by atoms with Crippen LogP contribution < -0.4 is 30.7 Å². The number of aromatic hydroxyl groups is 1. The number of carbonyl (C=O) groups is 4. The van der Waals surface area contributed by atoms with E-state index < -0.39 is 9.52 Å². The van der Waals surface area contributed by atoms with E-state index >= 15 is 0 Å². The molecule has 7 aromatic carbocycles. The van der Waals surface area contributed by atoms with Gasteiger partial charge in [0.1, 0.15) is 34.1 Å². The highest BCUT2D eigenvalue weighted by Crippen LogP contribution is 2.50. The Bertz CT molecular complexity index is 5010. The predicted octanol–water partition coefficient (Wildman–Crippen LogP) is 19.6. The number of hydrogen-bond donors (Lipinski definition) is 5. The second kappa shape index (κ2) is 43.6. The SMILES string of the molecule is C.C.C.C=S(C)(=O)c1ccc2c(c1)C(c1ccc(C(=O)N(CC)CC)cc1)=CC1(CCCNCC1)O2.CCN(CC)C(=O)c1ccc(C2=CC3(CCCNCC3)Cc3ccccc32)cc1.CCN(CC)C(=O)c1ccc(C2=CC3(CCCNCC3)Cc3ccccc32)cn1.CCN(CC)C(=O)c1ccc(C2=CC3(CCCNCC3)Oc3ccc(O)cc32)cc1. The van der Waals surface area contributed by atoms with Crippen LogP contribution in [0.15, 0.2) is 205 Å². The van der Waals surface area contributed by atoms with E-state index in [4.69, 9.17) is 9.47 Å². The Morgan fingerprint density at radius 3 is 1.13 bits per heavy atom. The van der Waals surface area contributed by atoms with Gasteiger partial charge in [0, 0.05) is 116 Å². The van der Waals surface area contributed by atoms with Crippen LogP contribution >= 0.6 is 0 Å². The summed E-state index contributed by atoms with van der Waals surface area (Å²) in [4.78, 5) is 63.3. The van der Waals surface area contributed by atoms with E-state index in [9.17, 15) is 28.5 Å². The number of allylic oxidation sites excluding steroid dienone is 2. The van der Waals surface area contributed by atoms with Crippen molar-refractivity contribution in [1.82, 2.24) is 45.9 Å². The quantitative estimate of drug-likeness (QED) is 0.0540. The van der Waals surface area contributed by atoms with E-state index in [-0.39, 0.29) is 73.7 Å².